The normalized spacial score (nSPS) is 53.5. The van der Waals surface area contributed by atoms with Crippen LogP contribution in [0.5, 0.6) is 0 Å². The van der Waals surface area contributed by atoms with Crippen LogP contribution in [0.25, 0.3) is 0 Å². The molecule has 0 aromatic heterocycles. The van der Waals surface area contributed by atoms with Gasteiger partial charge in [0.25, 0.3) is 5.85 Å². The zero-order chi connectivity index (χ0) is 26.2. The van der Waals surface area contributed by atoms with Crippen LogP contribution in [0.4, 0.5) is 4.39 Å². The van der Waals surface area contributed by atoms with Gasteiger partial charge in [0, 0.05) is 0 Å². The number of ether oxygens (including phenoxy) is 5. The van der Waals surface area contributed by atoms with E-state index < -0.39 is 112 Å². The maximum absolute atomic E-state index is 14.7. The Balaban J connectivity index is 1.74. The van der Waals surface area contributed by atoms with E-state index in [4.69, 9.17) is 40.9 Å². The molecule has 3 fully saturated rings. The molecule has 3 heterocycles. The molecular weight excluding hydrogens is 485 g/mol. The summed E-state index contributed by atoms with van der Waals surface area (Å²) in [5, 5.41) is 79.3. The van der Waals surface area contributed by atoms with Gasteiger partial charge < -0.3 is 81.7 Å². The average molecular weight is 519 g/mol. The molecule has 2 unspecified atom stereocenters. The molecule has 16 nitrogen and oxygen atoms in total. The monoisotopic (exact) mass is 519 g/mol. The molecule has 0 bridgehead atoms. The molecule has 3 rings (SSSR count). The number of alkyl halides is 1. The molecule has 3 saturated heterocycles. The van der Waals surface area contributed by atoms with Gasteiger partial charge in [-0.15, -0.1) is 0 Å². The Bertz CT molecular complexity index is 698. The fourth-order valence-electron chi connectivity index (χ4n) is 4.18. The summed E-state index contributed by atoms with van der Waals surface area (Å²) in [4.78, 5) is 0. The lowest BCUT2D eigenvalue weighted by atomic mass is 9.94. The van der Waals surface area contributed by atoms with Gasteiger partial charge in [-0.1, -0.05) is 0 Å². The van der Waals surface area contributed by atoms with Crippen molar-refractivity contribution in [2.45, 2.75) is 91.7 Å². The Hall–Kier alpha value is -0.710. The highest BCUT2D eigenvalue weighted by molar-refractivity contribution is 4.99. The Morgan fingerprint density at radius 1 is 0.714 bits per heavy atom. The van der Waals surface area contributed by atoms with Crippen molar-refractivity contribution >= 4 is 0 Å². The van der Waals surface area contributed by atoms with Crippen molar-refractivity contribution in [1.29, 1.82) is 0 Å². The van der Waals surface area contributed by atoms with Crippen LogP contribution >= 0.6 is 0 Å². The maximum atomic E-state index is 14.7. The van der Waals surface area contributed by atoms with Crippen molar-refractivity contribution in [3.05, 3.63) is 0 Å². The van der Waals surface area contributed by atoms with Gasteiger partial charge in [0.2, 0.25) is 0 Å². The van der Waals surface area contributed by atoms with Crippen molar-refractivity contribution in [2.75, 3.05) is 19.8 Å². The standard InChI is InChI=1S/C18H34FN3O13/c19-18(3-25)14(29)11(28)8(22)17(35-18)34-13-5(2-24)32-16(7(21)10(13)27)33-12-4(1-23)31-15(30)6(20)9(12)26/h4-17,23-30H,1-3,20-22H2/t4-,5-,6-,7-,8-,9-,10-,11-,12?,13?,14+,15-,16+,17+,18+/m1/s1. The van der Waals surface area contributed by atoms with Crippen LogP contribution in [-0.4, -0.2) is 152 Å². The molecule has 14 N–H and O–H groups in total. The number of halogens is 1. The van der Waals surface area contributed by atoms with E-state index in [0.29, 0.717) is 0 Å². The van der Waals surface area contributed by atoms with Gasteiger partial charge >= 0.3 is 0 Å². The molecule has 0 spiro atoms. The highest BCUT2D eigenvalue weighted by Crippen LogP contribution is 2.34. The molecule has 0 amide bonds. The zero-order valence-corrected chi connectivity index (χ0v) is 18.4. The molecule has 17 heteroatoms. The summed E-state index contributed by atoms with van der Waals surface area (Å²) in [5.74, 6) is -3.14. The summed E-state index contributed by atoms with van der Waals surface area (Å²) in [7, 11) is 0. The minimum absolute atomic E-state index is 0.688. The molecule has 0 radical (unpaired) electrons. The number of rotatable bonds is 7. The minimum Gasteiger partial charge on any atom is -0.394 e. The predicted molar refractivity (Wildman–Crippen MR) is 107 cm³/mol. The Morgan fingerprint density at radius 3 is 1.74 bits per heavy atom. The van der Waals surface area contributed by atoms with Crippen molar-refractivity contribution < 1.29 is 68.9 Å². The number of hydrogen-bond donors (Lipinski definition) is 11. The summed E-state index contributed by atoms with van der Waals surface area (Å²) in [6, 6.07) is -4.28. The van der Waals surface area contributed by atoms with E-state index in [2.05, 4.69) is 0 Å². The Kier molecular flexibility index (Phi) is 9.36. The number of aliphatic hydroxyl groups is 8. The van der Waals surface area contributed by atoms with Gasteiger partial charge in [-0.3, -0.25) is 0 Å². The summed E-state index contributed by atoms with van der Waals surface area (Å²) >= 11 is 0. The van der Waals surface area contributed by atoms with Gasteiger partial charge in [0.15, 0.2) is 18.9 Å². The van der Waals surface area contributed by atoms with Crippen LogP contribution < -0.4 is 17.2 Å². The van der Waals surface area contributed by atoms with Gasteiger partial charge in [-0.05, 0) is 0 Å². The van der Waals surface area contributed by atoms with Crippen LogP contribution in [0.1, 0.15) is 0 Å². The highest BCUT2D eigenvalue weighted by atomic mass is 19.2. The van der Waals surface area contributed by atoms with E-state index in [1.807, 2.05) is 0 Å². The van der Waals surface area contributed by atoms with Crippen molar-refractivity contribution in [2.24, 2.45) is 17.2 Å². The lowest BCUT2D eigenvalue weighted by Crippen LogP contribution is -2.70. The molecule has 206 valence electrons. The highest BCUT2D eigenvalue weighted by Gasteiger charge is 2.56. The first kappa shape index (κ1) is 28.9. The van der Waals surface area contributed by atoms with Gasteiger partial charge in [-0.25, -0.2) is 4.39 Å². The Labute approximate surface area is 198 Å². The molecule has 15 atom stereocenters. The van der Waals surface area contributed by atoms with Crippen LogP contribution in [0.3, 0.4) is 0 Å². The van der Waals surface area contributed by atoms with E-state index in [9.17, 15) is 45.2 Å². The topological polar surface area (TPSA) is 286 Å². The second-order valence-corrected chi connectivity index (χ2v) is 8.75. The molecule has 0 aromatic rings. The van der Waals surface area contributed by atoms with E-state index in [1.54, 1.807) is 0 Å². The zero-order valence-electron chi connectivity index (χ0n) is 18.4. The van der Waals surface area contributed by atoms with Gasteiger partial charge in [0.1, 0.15) is 55.4 Å². The van der Waals surface area contributed by atoms with E-state index in [0.717, 1.165) is 0 Å². The smallest absolute Gasteiger partial charge is 0.263 e. The molecular formula is C18H34FN3O13. The van der Waals surface area contributed by atoms with Crippen molar-refractivity contribution in [3.63, 3.8) is 0 Å². The van der Waals surface area contributed by atoms with E-state index >= 15 is 0 Å². The lowest BCUT2D eigenvalue weighted by Gasteiger charge is -2.49. The Morgan fingerprint density at radius 2 is 1.20 bits per heavy atom. The minimum atomic E-state index is -3.14. The first-order valence-corrected chi connectivity index (χ1v) is 10.9. The third-order valence-corrected chi connectivity index (χ3v) is 6.41. The first-order valence-electron chi connectivity index (χ1n) is 10.9. The van der Waals surface area contributed by atoms with E-state index in [-0.39, 0.29) is 0 Å². The molecule has 3 aliphatic rings. The van der Waals surface area contributed by atoms with Crippen LogP contribution in [0.2, 0.25) is 0 Å². The van der Waals surface area contributed by atoms with Crippen LogP contribution in [0.15, 0.2) is 0 Å². The summed E-state index contributed by atoms with van der Waals surface area (Å²) in [5.41, 5.74) is 17.4. The number of hydrogen-bond acceptors (Lipinski definition) is 16. The third kappa shape index (κ3) is 5.46. The summed E-state index contributed by atoms with van der Waals surface area (Å²) in [6.45, 7) is -2.84. The predicted octanol–water partition coefficient (Wildman–Crippen LogP) is -7.38. The largest absolute Gasteiger partial charge is 0.394 e. The van der Waals surface area contributed by atoms with Crippen LogP contribution in [0, 0.1) is 0 Å². The average Bonchev–Trinajstić information content (AvgIpc) is 2.85. The maximum Gasteiger partial charge on any atom is 0.263 e. The van der Waals surface area contributed by atoms with Crippen molar-refractivity contribution in [3.8, 4) is 0 Å². The second kappa shape index (κ2) is 11.4. The molecule has 0 saturated carbocycles. The number of nitrogens with two attached hydrogens (primary N) is 3. The van der Waals surface area contributed by atoms with Crippen LogP contribution in [-0.2, 0) is 23.7 Å². The first-order chi connectivity index (χ1) is 16.4. The summed E-state index contributed by atoms with van der Waals surface area (Å²) in [6.07, 6.45) is -17.8. The molecule has 35 heavy (non-hydrogen) atoms. The summed E-state index contributed by atoms with van der Waals surface area (Å²) < 4.78 is 41.3. The van der Waals surface area contributed by atoms with Gasteiger partial charge in [-0.2, -0.15) is 0 Å². The SMILES string of the molecule is N[C@H]1[C@@H](OC2[C@@H](CO)O[C@@H](OC3[C@@H](CO)O[C@@H](O)[C@H](N)[C@H]3O)[C@H](N)[C@H]2O)O[C@@](F)(CO)[C@@H](O)[C@@H]1O. The fraction of sp³-hybridized carbons (Fsp3) is 1.00. The van der Waals surface area contributed by atoms with E-state index in [1.165, 1.54) is 0 Å². The molecule has 3 aliphatic heterocycles. The molecule has 0 aliphatic carbocycles. The third-order valence-electron chi connectivity index (χ3n) is 6.41. The number of aliphatic hydroxyl groups excluding tert-OH is 8. The quantitative estimate of drug-likeness (QED) is 0.149. The lowest BCUT2D eigenvalue weighted by molar-refractivity contribution is -0.381. The van der Waals surface area contributed by atoms with Gasteiger partial charge in [0.05, 0.1) is 31.3 Å². The van der Waals surface area contributed by atoms with Crippen molar-refractivity contribution in [1.82, 2.24) is 0 Å². The second-order valence-electron chi connectivity index (χ2n) is 8.75. The molecule has 0 aromatic carbocycles. The fourth-order valence-corrected chi connectivity index (χ4v) is 4.18.